The summed E-state index contributed by atoms with van der Waals surface area (Å²) < 4.78 is 10.2. The number of benzene rings is 1. The molecule has 6 nitrogen and oxygen atoms in total. The van der Waals surface area contributed by atoms with Gasteiger partial charge in [-0.1, -0.05) is 24.8 Å². The molecule has 0 radical (unpaired) electrons. The number of ether oxygens (including phenoxy) is 2. The maximum Gasteiger partial charge on any atom is 0.334 e. The predicted molar refractivity (Wildman–Crippen MR) is 97.5 cm³/mol. The van der Waals surface area contributed by atoms with Gasteiger partial charge in [-0.25, -0.2) is 4.79 Å². The molecule has 1 N–H and O–H groups in total. The van der Waals surface area contributed by atoms with Crippen molar-refractivity contribution in [3.63, 3.8) is 0 Å². The lowest BCUT2D eigenvalue weighted by molar-refractivity contribution is -0.155. The molecule has 1 aromatic rings. The number of hydrogen-bond acceptors (Lipinski definition) is 5. The van der Waals surface area contributed by atoms with E-state index in [1.54, 1.807) is 33.8 Å². The maximum absolute atomic E-state index is 12.6. The van der Waals surface area contributed by atoms with Crippen LogP contribution in [0, 0.1) is 5.92 Å². The molecule has 0 aliphatic carbocycles. The quantitative estimate of drug-likeness (QED) is 0.646. The molecule has 1 amide bonds. The third-order valence-electron chi connectivity index (χ3n) is 4.45. The number of amides is 1. The zero-order valence-corrected chi connectivity index (χ0v) is 15.8. The molecule has 2 rings (SSSR count). The van der Waals surface area contributed by atoms with Gasteiger partial charge < -0.3 is 14.8 Å². The van der Waals surface area contributed by atoms with Crippen LogP contribution in [0.1, 0.15) is 39.7 Å². The van der Waals surface area contributed by atoms with Crippen LogP contribution in [0.3, 0.4) is 0 Å². The van der Waals surface area contributed by atoms with Gasteiger partial charge in [0.25, 0.3) is 0 Å². The molecule has 1 heterocycles. The van der Waals surface area contributed by atoms with E-state index in [1.165, 1.54) is 7.11 Å². The minimum Gasteiger partial charge on any atom is -0.469 e. The lowest BCUT2D eigenvalue weighted by atomic mass is 9.74. The van der Waals surface area contributed by atoms with E-state index < -0.39 is 28.9 Å². The fourth-order valence-corrected chi connectivity index (χ4v) is 3.04. The summed E-state index contributed by atoms with van der Waals surface area (Å²) in [4.78, 5) is 37.4. The molecule has 0 unspecified atom stereocenters. The summed E-state index contributed by atoms with van der Waals surface area (Å²) in [5, 5.41) is 2.82. The molecule has 26 heavy (non-hydrogen) atoms. The molecule has 0 fully saturated rings. The van der Waals surface area contributed by atoms with Crippen LogP contribution >= 0.6 is 0 Å². The van der Waals surface area contributed by atoms with Gasteiger partial charge in [-0.15, -0.1) is 0 Å². The van der Waals surface area contributed by atoms with Crippen molar-refractivity contribution in [1.29, 1.82) is 0 Å². The van der Waals surface area contributed by atoms with Gasteiger partial charge in [0.05, 0.1) is 18.4 Å². The molecule has 0 saturated heterocycles. The fourth-order valence-electron chi connectivity index (χ4n) is 3.04. The normalized spacial score (nSPS) is 20.0. The number of fused-ring (bicyclic) bond motifs is 1. The van der Waals surface area contributed by atoms with E-state index in [1.807, 2.05) is 18.2 Å². The Morgan fingerprint density at radius 3 is 2.46 bits per heavy atom. The molecule has 0 spiro atoms. The summed E-state index contributed by atoms with van der Waals surface area (Å²) in [7, 11) is 1.24. The maximum atomic E-state index is 12.6. The number of anilines is 1. The number of carbonyl (C=O) groups excluding carboxylic acids is 3. The standard InChI is InChI=1S/C20H25NO5/c1-12(16(22)26-19(2,3)4)13(17(23)25-6)11-20(5)14-9-7-8-10-15(14)21-18(20)24/h7-10,13H,1,11H2,2-6H3,(H,21,24)/t13-,20-/m1/s1. The van der Waals surface area contributed by atoms with E-state index in [9.17, 15) is 14.4 Å². The van der Waals surface area contributed by atoms with Gasteiger partial charge in [0, 0.05) is 11.3 Å². The molecule has 1 aromatic carbocycles. The highest BCUT2D eigenvalue weighted by Gasteiger charge is 2.47. The Morgan fingerprint density at radius 1 is 1.27 bits per heavy atom. The van der Waals surface area contributed by atoms with Gasteiger partial charge in [-0.05, 0) is 45.7 Å². The number of carbonyl (C=O) groups is 3. The van der Waals surface area contributed by atoms with Crippen molar-refractivity contribution in [1.82, 2.24) is 0 Å². The van der Waals surface area contributed by atoms with E-state index in [-0.39, 0.29) is 17.9 Å². The summed E-state index contributed by atoms with van der Waals surface area (Å²) in [5.41, 5.74) is -0.255. The zero-order valence-electron chi connectivity index (χ0n) is 15.8. The third kappa shape index (κ3) is 3.79. The first kappa shape index (κ1) is 19.7. The van der Waals surface area contributed by atoms with Crippen molar-refractivity contribution in [3.8, 4) is 0 Å². The Bertz CT molecular complexity index is 762. The second kappa shape index (κ2) is 6.94. The highest BCUT2D eigenvalue weighted by molar-refractivity contribution is 6.06. The highest BCUT2D eigenvalue weighted by Crippen LogP contribution is 2.43. The molecular formula is C20H25NO5. The Kier molecular flexibility index (Phi) is 5.26. The number of methoxy groups -OCH3 is 1. The number of hydrogen-bond donors (Lipinski definition) is 1. The summed E-state index contributed by atoms with van der Waals surface area (Å²) in [6.07, 6.45) is 0.0561. The smallest absolute Gasteiger partial charge is 0.334 e. The van der Waals surface area contributed by atoms with Crippen molar-refractivity contribution < 1.29 is 23.9 Å². The van der Waals surface area contributed by atoms with Crippen LogP contribution in [0.25, 0.3) is 0 Å². The van der Waals surface area contributed by atoms with E-state index in [0.29, 0.717) is 5.69 Å². The topological polar surface area (TPSA) is 81.7 Å². The second-order valence-corrected chi connectivity index (χ2v) is 7.64. The van der Waals surface area contributed by atoms with Gasteiger partial charge in [-0.2, -0.15) is 0 Å². The minimum absolute atomic E-state index is 0.0230. The van der Waals surface area contributed by atoms with Gasteiger partial charge in [-0.3, -0.25) is 9.59 Å². The van der Waals surface area contributed by atoms with Gasteiger partial charge in [0.2, 0.25) is 5.91 Å². The molecule has 6 heteroatoms. The molecule has 140 valence electrons. The Balaban J connectivity index is 2.34. The van der Waals surface area contributed by atoms with Crippen molar-refractivity contribution in [2.24, 2.45) is 5.92 Å². The first-order valence-corrected chi connectivity index (χ1v) is 8.40. The van der Waals surface area contributed by atoms with Gasteiger partial charge >= 0.3 is 11.9 Å². The molecule has 0 saturated carbocycles. The third-order valence-corrected chi connectivity index (χ3v) is 4.45. The zero-order chi connectivity index (χ0) is 19.7. The van der Waals surface area contributed by atoms with Crippen LogP contribution < -0.4 is 5.32 Å². The molecule has 1 aliphatic heterocycles. The van der Waals surface area contributed by atoms with Crippen molar-refractivity contribution >= 4 is 23.5 Å². The first-order valence-electron chi connectivity index (χ1n) is 8.40. The van der Waals surface area contributed by atoms with Crippen LogP contribution in [0.5, 0.6) is 0 Å². The van der Waals surface area contributed by atoms with Crippen LogP contribution in [-0.2, 0) is 29.3 Å². The lowest BCUT2D eigenvalue weighted by Crippen LogP contribution is -2.38. The minimum atomic E-state index is -0.989. The Labute approximate surface area is 153 Å². The predicted octanol–water partition coefficient (Wildman–Crippen LogP) is 2.97. The van der Waals surface area contributed by atoms with Crippen LogP contribution in [-0.4, -0.2) is 30.6 Å². The second-order valence-electron chi connectivity index (χ2n) is 7.64. The number of esters is 2. The van der Waals surface area contributed by atoms with E-state index >= 15 is 0 Å². The van der Waals surface area contributed by atoms with Crippen LogP contribution in [0.4, 0.5) is 5.69 Å². The molecule has 0 bridgehead atoms. The number of nitrogens with one attached hydrogen (secondary N) is 1. The largest absolute Gasteiger partial charge is 0.469 e. The van der Waals surface area contributed by atoms with Gasteiger partial charge in [0.15, 0.2) is 0 Å². The molecule has 0 aromatic heterocycles. The lowest BCUT2D eigenvalue weighted by Gasteiger charge is -2.28. The monoisotopic (exact) mass is 359 g/mol. The van der Waals surface area contributed by atoms with Crippen molar-refractivity contribution in [3.05, 3.63) is 42.0 Å². The fraction of sp³-hybridized carbons (Fsp3) is 0.450. The summed E-state index contributed by atoms with van der Waals surface area (Å²) >= 11 is 0. The SMILES string of the molecule is C=C(C(=O)OC(C)(C)C)[C@@H](C[C@@]1(C)C(=O)Nc2ccccc21)C(=O)OC. The summed E-state index contributed by atoms with van der Waals surface area (Å²) in [5.74, 6) is -2.52. The number of rotatable bonds is 5. The van der Waals surface area contributed by atoms with Crippen molar-refractivity contribution in [2.45, 2.75) is 45.1 Å². The highest BCUT2D eigenvalue weighted by atomic mass is 16.6. The number of para-hydroxylation sites is 1. The summed E-state index contributed by atoms with van der Waals surface area (Å²) in [6.45, 7) is 10.7. The van der Waals surface area contributed by atoms with Crippen molar-refractivity contribution in [2.75, 3.05) is 12.4 Å². The molecule has 1 aliphatic rings. The first-order chi connectivity index (χ1) is 12.0. The van der Waals surface area contributed by atoms with E-state index in [4.69, 9.17) is 9.47 Å². The molecular weight excluding hydrogens is 334 g/mol. The van der Waals surface area contributed by atoms with Crippen LogP contribution in [0.2, 0.25) is 0 Å². The Morgan fingerprint density at radius 2 is 1.88 bits per heavy atom. The summed E-state index contributed by atoms with van der Waals surface area (Å²) in [6, 6.07) is 7.28. The molecule has 2 atom stereocenters. The van der Waals surface area contributed by atoms with Gasteiger partial charge in [0.1, 0.15) is 5.60 Å². The average molecular weight is 359 g/mol. The van der Waals surface area contributed by atoms with E-state index in [2.05, 4.69) is 11.9 Å². The average Bonchev–Trinajstić information content (AvgIpc) is 2.81. The van der Waals surface area contributed by atoms with E-state index in [0.717, 1.165) is 5.56 Å². The van der Waals surface area contributed by atoms with Crippen LogP contribution in [0.15, 0.2) is 36.4 Å². The Hall–Kier alpha value is -2.63.